The number of carbonyl (C=O) groups is 1. The van der Waals surface area contributed by atoms with Gasteiger partial charge in [0.15, 0.2) is 0 Å². The molecule has 0 fully saturated rings. The van der Waals surface area contributed by atoms with Gasteiger partial charge in [-0.05, 0) is 43.7 Å². The first-order valence-electron chi connectivity index (χ1n) is 9.08. The Labute approximate surface area is 159 Å². The first kappa shape index (κ1) is 18.8. The maximum Gasteiger partial charge on any atom is 0.227 e. The van der Waals surface area contributed by atoms with Crippen molar-refractivity contribution in [2.45, 2.75) is 32.9 Å². The fraction of sp³-hybridized carbons (Fsp3) is 0.318. The largest absolute Gasteiger partial charge is 0.497 e. The summed E-state index contributed by atoms with van der Waals surface area (Å²) in [4.78, 5) is 18.2. The molecule has 3 aromatic rings. The maximum absolute atomic E-state index is 13.1. The third-order valence-corrected chi connectivity index (χ3v) is 4.79. The van der Waals surface area contributed by atoms with E-state index in [4.69, 9.17) is 9.47 Å². The smallest absolute Gasteiger partial charge is 0.227 e. The van der Waals surface area contributed by atoms with Crippen molar-refractivity contribution in [3.63, 3.8) is 0 Å². The predicted octanol–water partition coefficient (Wildman–Crippen LogP) is 4.16. The summed E-state index contributed by atoms with van der Waals surface area (Å²) in [5.74, 6) is 1.66. The van der Waals surface area contributed by atoms with Crippen molar-refractivity contribution in [2.24, 2.45) is 0 Å². The van der Waals surface area contributed by atoms with Gasteiger partial charge < -0.3 is 19.4 Å². The van der Waals surface area contributed by atoms with Gasteiger partial charge in [-0.2, -0.15) is 0 Å². The van der Waals surface area contributed by atoms with Crippen LogP contribution >= 0.6 is 0 Å². The summed E-state index contributed by atoms with van der Waals surface area (Å²) in [7, 11) is 3.30. The number of H-pyrrole nitrogens is 1. The Hall–Kier alpha value is -2.95. The van der Waals surface area contributed by atoms with Gasteiger partial charge in [-0.15, -0.1) is 0 Å². The number of nitrogens with one attached hydrogen (secondary N) is 1. The first-order chi connectivity index (χ1) is 13.0. The van der Waals surface area contributed by atoms with Gasteiger partial charge in [0.05, 0.1) is 20.6 Å². The molecular weight excluding hydrogens is 340 g/mol. The number of aromatic amines is 1. The Morgan fingerprint density at radius 3 is 2.56 bits per heavy atom. The minimum absolute atomic E-state index is 0.0830. The number of ether oxygens (including phenoxy) is 2. The summed E-state index contributed by atoms with van der Waals surface area (Å²) in [6.07, 6.45) is 2.24. The van der Waals surface area contributed by atoms with Crippen LogP contribution in [0.1, 0.15) is 25.0 Å². The number of amides is 1. The Morgan fingerprint density at radius 2 is 1.85 bits per heavy atom. The zero-order chi connectivity index (χ0) is 19.4. The Kier molecular flexibility index (Phi) is 5.69. The van der Waals surface area contributed by atoms with E-state index < -0.39 is 0 Å². The van der Waals surface area contributed by atoms with Crippen LogP contribution in [0.4, 0.5) is 0 Å². The molecule has 0 atom stereocenters. The van der Waals surface area contributed by atoms with E-state index in [1.54, 1.807) is 14.2 Å². The van der Waals surface area contributed by atoms with Crippen molar-refractivity contribution in [1.82, 2.24) is 9.88 Å². The van der Waals surface area contributed by atoms with Gasteiger partial charge in [-0.1, -0.05) is 18.2 Å². The van der Waals surface area contributed by atoms with Gasteiger partial charge in [0, 0.05) is 35.2 Å². The summed E-state index contributed by atoms with van der Waals surface area (Å²) in [5.41, 5.74) is 2.97. The maximum atomic E-state index is 13.1. The van der Waals surface area contributed by atoms with E-state index in [9.17, 15) is 4.79 Å². The molecule has 0 unspecified atom stereocenters. The highest BCUT2D eigenvalue weighted by molar-refractivity contribution is 5.89. The topological polar surface area (TPSA) is 54.6 Å². The Bertz CT molecular complexity index is 930. The molecule has 1 heterocycles. The van der Waals surface area contributed by atoms with Crippen LogP contribution in [0.3, 0.4) is 0 Å². The summed E-state index contributed by atoms with van der Waals surface area (Å²) < 4.78 is 10.8. The average molecular weight is 366 g/mol. The van der Waals surface area contributed by atoms with Crippen LogP contribution in [0.15, 0.2) is 48.7 Å². The molecular formula is C22H26N2O3. The van der Waals surface area contributed by atoms with E-state index in [2.05, 4.69) is 4.98 Å². The summed E-state index contributed by atoms with van der Waals surface area (Å²) >= 11 is 0. The van der Waals surface area contributed by atoms with Gasteiger partial charge >= 0.3 is 0 Å². The monoisotopic (exact) mass is 366 g/mol. The number of benzene rings is 2. The number of rotatable bonds is 7. The number of nitrogens with zero attached hydrogens (tertiary/aromatic N) is 1. The van der Waals surface area contributed by atoms with E-state index >= 15 is 0 Å². The number of fused-ring (bicyclic) bond motifs is 1. The standard InChI is InChI=1S/C22H26N2O3/c1-15(2)24(14-16-7-5-6-8-21(16)27-4)22(25)11-17-13-23-20-10-9-18(26-3)12-19(17)20/h5-10,12-13,15,23H,11,14H2,1-4H3. The lowest BCUT2D eigenvalue weighted by molar-refractivity contribution is -0.132. The zero-order valence-corrected chi connectivity index (χ0v) is 16.3. The third kappa shape index (κ3) is 4.08. The van der Waals surface area contributed by atoms with E-state index in [0.29, 0.717) is 13.0 Å². The lowest BCUT2D eigenvalue weighted by Crippen LogP contribution is -2.37. The van der Waals surface area contributed by atoms with E-state index in [0.717, 1.165) is 33.5 Å². The Balaban J connectivity index is 1.84. The van der Waals surface area contributed by atoms with E-state index in [1.807, 2.05) is 67.4 Å². The molecule has 0 aliphatic heterocycles. The van der Waals surface area contributed by atoms with Gasteiger partial charge in [0.1, 0.15) is 11.5 Å². The molecule has 1 aromatic heterocycles. The number of carbonyl (C=O) groups excluding carboxylic acids is 1. The molecule has 142 valence electrons. The molecule has 2 aromatic carbocycles. The molecule has 0 bridgehead atoms. The second-order valence-electron chi connectivity index (χ2n) is 6.83. The van der Waals surface area contributed by atoms with Crippen molar-refractivity contribution < 1.29 is 14.3 Å². The number of aromatic nitrogens is 1. The van der Waals surface area contributed by atoms with Crippen LogP contribution in [-0.2, 0) is 17.8 Å². The molecule has 3 rings (SSSR count). The minimum atomic E-state index is 0.0830. The van der Waals surface area contributed by atoms with E-state index in [-0.39, 0.29) is 11.9 Å². The van der Waals surface area contributed by atoms with Crippen LogP contribution in [0.5, 0.6) is 11.5 Å². The molecule has 0 spiro atoms. The van der Waals surface area contributed by atoms with Crippen molar-refractivity contribution >= 4 is 16.8 Å². The molecule has 5 nitrogen and oxygen atoms in total. The number of para-hydroxylation sites is 1. The first-order valence-corrected chi connectivity index (χ1v) is 9.08. The molecule has 0 aliphatic carbocycles. The van der Waals surface area contributed by atoms with Crippen LogP contribution in [0.25, 0.3) is 10.9 Å². The summed E-state index contributed by atoms with van der Waals surface area (Å²) in [5, 5.41) is 1.02. The summed E-state index contributed by atoms with van der Waals surface area (Å²) in [6.45, 7) is 4.59. The average Bonchev–Trinajstić information content (AvgIpc) is 3.07. The Morgan fingerprint density at radius 1 is 1.07 bits per heavy atom. The van der Waals surface area contributed by atoms with E-state index in [1.165, 1.54) is 0 Å². The number of hydrogen-bond donors (Lipinski definition) is 1. The molecule has 1 N–H and O–H groups in total. The molecule has 0 radical (unpaired) electrons. The summed E-state index contributed by atoms with van der Waals surface area (Å²) in [6, 6.07) is 13.7. The quantitative estimate of drug-likeness (QED) is 0.683. The molecule has 0 aliphatic rings. The van der Waals surface area contributed by atoms with Crippen molar-refractivity contribution in [1.29, 1.82) is 0 Å². The highest BCUT2D eigenvalue weighted by atomic mass is 16.5. The predicted molar refractivity (Wildman–Crippen MR) is 107 cm³/mol. The molecule has 27 heavy (non-hydrogen) atoms. The second kappa shape index (κ2) is 8.16. The van der Waals surface area contributed by atoms with Crippen LogP contribution in [0, 0.1) is 0 Å². The van der Waals surface area contributed by atoms with Crippen LogP contribution in [-0.4, -0.2) is 36.1 Å². The molecule has 0 saturated heterocycles. The molecule has 0 saturated carbocycles. The second-order valence-corrected chi connectivity index (χ2v) is 6.83. The fourth-order valence-corrected chi connectivity index (χ4v) is 3.27. The lowest BCUT2D eigenvalue weighted by Gasteiger charge is -2.27. The number of methoxy groups -OCH3 is 2. The van der Waals surface area contributed by atoms with Crippen LogP contribution in [0.2, 0.25) is 0 Å². The highest BCUT2D eigenvalue weighted by Crippen LogP contribution is 2.25. The van der Waals surface area contributed by atoms with Gasteiger partial charge in [0.25, 0.3) is 0 Å². The van der Waals surface area contributed by atoms with Crippen molar-refractivity contribution in [2.75, 3.05) is 14.2 Å². The van der Waals surface area contributed by atoms with Crippen LogP contribution < -0.4 is 9.47 Å². The van der Waals surface area contributed by atoms with Gasteiger partial charge in [-0.25, -0.2) is 0 Å². The van der Waals surface area contributed by atoms with Gasteiger partial charge in [0.2, 0.25) is 5.91 Å². The minimum Gasteiger partial charge on any atom is -0.497 e. The normalized spacial score (nSPS) is 11.0. The fourth-order valence-electron chi connectivity index (χ4n) is 3.27. The van der Waals surface area contributed by atoms with Crippen molar-refractivity contribution in [3.8, 4) is 11.5 Å². The molecule has 1 amide bonds. The lowest BCUT2D eigenvalue weighted by atomic mass is 10.1. The SMILES string of the molecule is COc1ccc2[nH]cc(CC(=O)N(Cc3ccccc3OC)C(C)C)c2c1. The van der Waals surface area contributed by atoms with Crippen molar-refractivity contribution in [3.05, 3.63) is 59.8 Å². The van der Waals surface area contributed by atoms with Gasteiger partial charge in [-0.3, -0.25) is 4.79 Å². The third-order valence-electron chi connectivity index (χ3n) is 4.79. The zero-order valence-electron chi connectivity index (χ0n) is 16.3. The molecule has 5 heteroatoms. The number of hydrogen-bond acceptors (Lipinski definition) is 3. The highest BCUT2D eigenvalue weighted by Gasteiger charge is 2.20.